The molecular weight excluding hydrogens is 565 g/mol. The molecule has 0 spiro atoms. The van der Waals surface area contributed by atoms with Crippen LogP contribution < -0.4 is 14.8 Å². The van der Waals surface area contributed by atoms with Gasteiger partial charge in [0.2, 0.25) is 0 Å². The first-order valence-electron chi connectivity index (χ1n) is 10.8. The summed E-state index contributed by atoms with van der Waals surface area (Å²) in [4.78, 5) is 26.9. The monoisotopic (exact) mass is 582 g/mol. The van der Waals surface area contributed by atoms with Crippen LogP contribution in [0.3, 0.4) is 0 Å². The summed E-state index contributed by atoms with van der Waals surface area (Å²) >= 11 is 12.8. The number of alkyl halides is 3. The van der Waals surface area contributed by atoms with E-state index in [0.717, 1.165) is 23.9 Å². The molecule has 0 unspecified atom stereocenters. The second kappa shape index (κ2) is 11.5. The van der Waals surface area contributed by atoms with E-state index in [-0.39, 0.29) is 34.7 Å². The predicted molar refractivity (Wildman–Crippen MR) is 141 cm³/mol. The van der Waals surface area contributed by atoms with E-state index in [1.807, 2.05) is 0 Å². The SMILES string of the molecule is COc1cc(/C=C2\SC(=S)N(Cc3ccco3)C2=O)cc(Cl)c1OCC(=O)Nc1cccc(C(F)(F)F)c1. The number of carbonyl (C=O) groups excluding carboxylic acids is 2. The molecule has 1 aliphatic heterocycles. The summed E-state index contributed by atoms with van der Waals surface area (Å²) in [6.07, 6.45) is -1.44. The molecule has 2 heterocycles. The number of hydrogen-bond donors (Lipinski definition) is 1. The minimum absolute atomic E-state index is 0.0359. The molecular formula is C25H18ClF3N2O5S2. The van der Waals surface area contributed by atoms with Crippen molar-refractivity contribution in [2.24, 2.45) is 0 Å². The maximum absolute atomic E-state index is 12.9. The Balaban J connectivity index is 1.45. The first kappa shape index (κ1) is 27.6. The second-order valence-corrected chi connectivity index (χ2v) is 9.88. The maximum atomic E-state index is 12.9. The minimum atomic E-state index is -4.54. The summed E-state index contributed by atoms with van der Waals surface area (Å²) in [6.45, 7) is -0.342. The van der Waals surface area contributed by atoms with Crippen LogP contribution in [0.5, 0.6) is 11.5 Å². The van der Waals surface area contributed by atoms with Crippen molar-refractivity contribution in [3.05, 3.63) is 81.6 Å². The largest absolute Gasteiger partial charge is 0.493 e. The number of thiocarbonyl (C=S) groups is 1. The normalized spacial score (nSPS) is 14.8. The molecule has 0 bridgehead atoms. The Morgan fingerprint density at radius 3 is 2.71 bits per heavy atom. The van der Waals surface area contributed by atoms with Crippen molar-refractivity contribution in [1.82, 2.24) is 4.90 Å². The third-order valence-corrected chi connectivity index (χ3v) is 6.80. The summed E-state index contributed by atoms with van der Waals surface area (Å²) in [5.41, 5.74) is -0.410. The molecule has 0 saturated carbocycles. The van der Waals surface area contributed by atoms with E-state index >= 15 is 0 Å². The predicted octanol–water partition coefficient (Wildman–Crippen LogP) is 6.38. The molecule has 38 heavy (non-hydrogen) atoms. The standard InChI is InChI=1S/C25H18ClF3N2O5S2/c1-34-19-9-14(10-20-23(33)31(24(37)38-20)12-17-6-3-7-35-17)8-18(26)22(19)36-13-21(32)30-16-5-2-4-15(11-16)25(27,28)29/h2-11H,12-13H2,1H3,(H,30,32)/b20-10-. The lowest BCUT2D eigenvalue weighted by Crippen LogP contribution is -2.27. The number of rotatable bonds is 8. The molecule has 1 N–H and O–H groups in total. The van der Waals surface area contributed by atoms with Crippen LogP contribution in [-0.4, -0.2) is 34.8 Å². The molecule has 0 radical (unpaired) electrons. The van der Waals surface area contributed by atoms with E-state index in [9.17, 15) is 22.8 Å². The zero-order valence-electron chi connectivity index (χ0n) is 19.5. The van der Waals surface area contributed by atoms with Crippen molar-refractivity contribution < 1.29 is 36.7 Å². The van der Waals surface area contributed by atoms with Crippen LogP contribution in [0.25, 0.3) is 6.08 Å². The van der Waals surface area contributed by atoms with Gasteiger partial charge < -0.3 is 19.2 Å². The fourth-order valence-electron chi connectivity index (χ4n) is 3.42. The number of halogens is 4. The highest BCUT2D eigenvalue weighted by atomic mass is 35.5. The van der Waals surface area contributed by atoms with E-state index in [1.54, 1.807) is 24.3 Å². The number of thioether (sulfide) groups is 1. The van der Waals surface area contributed by atoms with E-state index in [4.69, 9.17) is 37.7 Å². The van der Waals surface area contributed by atoms with Gasteiger partial charge in [-0.05, 0) is 54.1 Å². The average Bonchev–Trinajstić information content (AvgIpc) is 3.47. The number of nitrogens with one attached hydrogen (secondary N) is 1. The fourth-order valence-corrected chi connectivity index (χ4v) is 4.95. The summed E-state index contributed by atoms with van der Waals surface area (Å²) in [7, 11) is 1.37. The van der Waals surface area contributed by atoms with Crippen molar-refractivity contribution in [2.75, 3.05) is 19.0 Å². The topological polar surface area (TPSA) is 81.0 Å². The Bertz CT molecular complexity index is 1410. The molecule has 3 aromatic rings. The average molecular weight is 583 g/mol. The van der Waals surface area contributed by atoms with Crippen LogP contribution in [0, 0.1) is 0 Å². The number of nitrogens with zero attached hydrogens (tertiary/aromatic N) is 1. The zero-order valence-corrected chi connectivity index (χ0v) is 21.9. The molecule has 1 fully saturated rings. The molecule has 7 nitrogen and oxygen atoms in total. The Kier molecular flexibility index (Phi) is 8.34. The smallest absolute Gasteiger partial charge is 0.416 e. The van der Waals surface area contributed by atoms with Gasteiger partial charge in [0.05, 0.1) is 35.4 Å². The number of benzene rings is 2. The van der Waals surface area contributed by atoms with Gasteiger partial charge in [-0.3, -0.25) is 14.5 Å². The number of carbonyl (C=O) groups is 2. The third-order valence-electron chi connectivity index (χ3n) is 5.14. The molecule has 4 rings (SSSR count). The molecule has 2 amide bonds. The van der Waals surface area contributed by atoms with Gasteiger partial charge in [0.15, 0.2) is 18.1 Å². The van der Waals surface area contributed by atoms with Crippen molar-refractivity contribution in [1.29, 1.82) is 0 Å². The fraction of sp³-hybridized carbons (Fsp3) is 0.160. The lowest BCUT2D eigenvalue weighted by atomic mass is 10.1. The summed E-state index contributed by atoms with van der Waals surface area (Å²) in [5.74, 6) is -0.173. The summed E-state index contributed by atoms with van der Waals surface area (Å²) in [6, 6.07) is 10.8. The van der Waals surface area contributed by atoms with Gasteiger partial charge in [-0.15, -0.1) is 0 Å². The Morgan fingerprint density at radius 1 is 1.24 bits per heavy atom. The first-order valence-corrected chi connectivity index (χ1v) is 12.4. The van der Waals surface area contributed by atoms with Crippen LogP contribution in [0.15, 0.2) is 64.1 Å². The highest BCUT2D eigenvalue weighted by Crippen LogP contribution is 2.39. The highest BCUT2D eigenvalue weighted by Gasteiger charge is 2.33. The number of furan rings is 1. The van der Waals surface area contributed by atoms with Gasteiger partial charge in [-0.2, -0.15) is 13.2 Å². The van der Waals surface area contributed by atoms with E-state index in [1.165, 1.54) is 36.5 Å². The zero-order chi connectivity index (χ0) is 27.4. The van der Waals surface area contributed by atoms with Gasteiger partial charge in [0.1, 0.15) is 10.1 Å². The van der Waals surface area contributed by atoms with Crippen molar-refractivity contribution in [3.63, 3.8) is 0 Å². The first-order chi connectivity index (χ1) is 18.0. The minimum Gasteiger partial charge on any atom is -0.493 e. The second-order valence-electron chi connectivity index (χ2n) is 7.80. The number of anilines is 1. The van der Waals surface area contributed by atoms with Gasteiger partial charge in [0.25, 0.3) is 11.8 Å². The lowest BCUT2D eigenvalue weighted by Gasteiger charge is -2.14. The van der Waals surface area contributed by atoms with Crippen LogP contribution in [0.2, 0.25) is 5.02 Å². The van der Waals surface area contributed by atoms with Crippen LogP contribution in [-0.2, 0) is 22.3 Å². The van der Waals surface area contributed by atoms with Gasteiger partial charge in [-0.25, -0.2) is 0 Å². The molecule has 0 aliphatic carbocycles. The van der Waals surface area contributed by atoms with Crippen molar-refractivity contribution in [3.8, 4) is 11.5 Å². The molecule has 2 aromatic carbocycles. The Hall–Kier alpha value is -3.48. The molecule has 1 aliphatic rings. The maximum Gasteiger partial charge on any atom is 0.416 e. The van der Waals surface area contributed by atoms with Crippen molar-refractivity contribution in [2.45, 2.75) is 12.7 Å². The molecule has 198 valence electrons. The van der Waals surface area contributed by atoms with Crippen molar-refractivity contribution >= 4 is 63.5 Å². The van der Waals surface area contributed by atoms with Crippen LogP contribution in [0.1, 0.15) is 16.9 Å². The van der Waals surface area contributed by atoms with Gasteiger partial charge in [0, 0.05) is 5.69 Å². The van der Waals surface area contributed by atoms with Gasteiger partial charge in [-0.1, -0.05) is 41.6 Å². The van der Waals surface area contributed by atoms with Crippen LogP contribution >= 0.6 is 35.6 Å². The summed E-state index contributed by atoms with van der Waals surface area (Å²) < 4.78 is 55.2. The third kappa shape index (κ3) is 6.50. The number of methoxy groups -OCH3 is 1. The number of ether oxygens (including phenoxy) is 2. The van der Waals surface area contributed by atoms with E-state index in [2.05, 4.69) is 5.32 Å². The van der Waals surface area contributed by atoms with Crippen LogP contribution in [0.4, 0.5) is 18.9 Å². The Labute approximate surface area is 229 Å². The number of amides is 2. The molecule has 1 aromatic heterocycles. The summed E-state index contributed by atoms with van der Waals surface area (Å²) in [5, 5.41) is 2.44. The quantitative estimate of drug-likeness (QED) is 0.244. The number of hydrogen-bond acceptors (Lipinski definition) is 7. The lowest BCUT2D eigenvalue weighted by molar-refractivity contribution is -0.137. The Morgan fingerprint density at radius 2 is 2.03 bits per heavy atom. The molecule has 0 atom stereocenters. The van der Waals surface area contributed by atoms with Gasteiger partial charge >= 0.3 is 6.18 Å². The van der Waals surface area contributed by atoms with E-state index < -0.39 is 24.3 Å². The highest BCUT2D eigenvalue weighted by molar-refractivity contribution is 8.26. The molecule has 1 saturated heterocycles. The molecule has 13 heteroatoms. The van der Waals surface area contributed by atoms with E-state index in [0.29, 0.717) is 20.5 Å².